The molecule has 0 N–H and O–H groups in total. The highest BCUT2D eigenvalue weighted by Crippen LogP contribution is 2.37. The average Bonchev–Trinajstić information content (AvgIpc) is 3.28. The summed E-state index contributed by atoms with van der Waals surface area (Å²) < 4.78 is 13.9. The quantitative estimate of drug-likeness (QED) is 0.653. The van der Waals surface area contributed by atoms with Crippen LogP contribution in [0.1, 0.15) is 42.5 Å². The molecule has 0 atom stereocenters. The van der Waals surface area contributed by atoms with E-state index >= 15 is 0 Å². The molecule has 27 heavy (non-hydrogen) atoms. The van der Waals surface area contributed by atoms with E-state index in [4.69, 9.17) is 9.47 Å². The van der Waals surface area contributed by atoms with E-state index in [-0.39, 0.29) is 6.29 Å². The van der Waals surface area contributed by atoms with Gasteiger partial charge in [-0.15, -0.1) is 0 Å². The van der Waals surface area contributed by atoms with Crippen LogP contribution >= 0.6 is 0 Å². The number of nitriles is 1. The number of hydrogen-bond donors (Lipinski definition) is 0. The Morgan fingerprint density at radius 1 is 1.07 bits per heavy atom. The van der Waals surface area contributed by atoms with Crippen LogP contribution in [0.25, 0.3) is 16.6 Å². The number of aromatic nitrogens is 1. The Balaban J connectivity index is 2.01. The number of ether oxygens (including phenoxy) is 2. The maximum absolute atomic E-state index is 9.64. The molecule has 4 rings (SSSR count). The molecule has 0 amide bonds. The first-order valence-corrected chi connectivity index (χ1v) is 9.30. The van der Waals surface area contributed by atoms with Gasteiger partial charge in [0.05, 0.1) is 35.9 Å². The minimum Gasteiger partial charge on any atom is -0.346 e. The maximum Gasteiger partial charge on any atom is 0.186 e. The number of hydrogen-bond acceptors (Lipinski definition) is 3. The summed E-state index contributed by atoms with van der Waals surface area (Å²) in [6, 6.07) is 17.1. The van der Waals surface area contributed by atoms with Crippen LogP contribution in [-0.4, -0.2) is 17.8 Å². The second kappa shape index (κ2) is 6.53. The highest BCUT2D eigenvalue weighted by molar-refractivity contribution is 5.88. The molecule has 1 saturated heterocycles. The molecule has 0 bridgehead atoms. The SMILES string of the molecule is Cc1cccc(C2OCCO2)c1-n1c(C)cc2c(C(C)(C)C#N)cccc21. The van der Waals surface area contributed by atoms with E-state index in [2.05, 4.69) is 54.8 Å². The minimum absolute atomic E-state index is 0.338. The number of benzene rings is 2. The van der Waals surface area contributed by atoms with Crippen LogP contribution in [0.3, 0.4) is 0 Å². The molecule has 138 valence electrons. The van der Waals surface area contributed by atoms with E-state index in [0.717, 1.165) is 39.0 Å². The molecule has 2 aromatic carbocycles. The standard InChI is InChI=1S/C23H24N2O2/c1-15-7-5-8-17(22-26-11-12-27-22)21(15)25-16(2)13-18-19(23(3,4)14-24)9-6-10-20(18)25/h5-10,13,22H,11-12H2,1-4H3. The van der Waals surface area contributed by atoms with Gasteiger partial charge < -0.3 is 14.0 Å². The minimum atomic E-state index is -0.551. The van der Waals surface area contributed by atoms with Gasteiger partial charge in [0, 0.05) is 16.6 Å². The molecule has 1 aromatic heterocycles. The van der Waals surface area contributed by atoms with Gasteiger partial charge in [0.1, 0.15) is 0 Å². The van der Waals surface area contributed by atoms with E-state index in [1.54, 1.807) is 0 Å². The van der Waals surface area contributed by atoms with Crippen LogP contribution in [0.5, 0.6) is 0 Å². The molecular weight excluding hydrogens is 336 g/mol. The Hall–Kier alpha value is -2.61. The van der Waals surface area contributed by atoms with Crippen LogP contribution in [0.4, 0.5) is 0 Å². The monoisotopic (exact) mass is 360 g/mol. The van der Waals surface area contributed by atoms with Crippen molar-refractivity contribution in [1.29, 1.82) is 5.26 Å². The molecular formula is C23H24N2O2. The third-order valence-corrected chi connectivity index (χ3v) is 5.35. The Morgan fingerprint density at radius 3 is 2.48 bits per heavy atom. The van der Waals surface area contributed by atoms with Crippen molar-refractivity contribution in [2.45, 2.75) is 39.4 Å². The lowest BCUT2D eigenvalue weighted by atomic mass is 9.84. The van der Waals surface area contributed by atoms with Crippen molar-refractivity contribution in [3.05, 3.63) is 64.8 Å². The fourth-order valence-electron chi connectivity index (χ4n) is 3.98. The lowest BCUT2D eigenvalue weighted by molar-refractivity contribution is -0.0441. The summed E-state index contributed by atoms with van der Waals surface area (Å²) in [6.07, 6.45) is -0.338. The first-order valence-electron chi connectivity index (χ1n) is 9.30. The second-order valence-electron chi connectivity index (χ2n) is 7.68. The molecule has 1 aliphatic rings. The molecule has 3 aromatic rings. The number of fused-ring (bicyclic) bond motifs is 1. The van der Waals surface area contributed by atoms with Crippen LogP contribution in [0, 0.1) is 25.2 Å². The predicted molar refractivity (Wildman–Crippen MR) is 106 cm³/mol. The van der Waals surface area contributed by atoms with Crippen molar-refractivity contribution in [2.75, 3.05) is 13.2 Å². The average molecular weight is 360 g/mol. The Labute approximate surface area is 159 Å². The number of nitrogens with zero attached hydrogens (tertiary/aromatic N) is 2. The fourth-order valence-corrected chi connectivity index (χ4v) is 3.98. The van der Waals surface area contributed by atoms with Crippen molar-refractivity contribution < 1.29 is 9.47 Å². The van der Waals surface area contributed by atoms with Crippen LogP contribution < -0.4 is 0 Å². The number of para-hydroxylation sites is 1. The third-order valence-electron chi connectivity index (χ3n) is 5.35. The maximum atomic E-state index is 9.64. The van der Waals surface area contributed by atoms with E-state index in [0.29, 0.717) is 13.2 Å². The normalized spacial score (nSPS) is 15.4. The Morgan fingerprint density at radius 2 is 1.78 bits per heavy atom. The second-order valence-corrected chi connectivity index (χ2v) is 7.68. The summed E-state index contributed by atoms with van der Waals surface area (Å²) in [5, 5.41) is 10.8. The molecule has 1 aliphatic heterocycles. The first-order chi connectivity index (χ1) is 12.9. The van der Waals surface area contributed by atoms with Gasteiger partial charge in [-0.2, -0.15) is 5.26 Å². The largest absolute Gasteiger partial charge is 0.346 e. The lowest BCUT2D eigenvalue weighted by Gasteiger charge is -2.21. The molecule has 0 aliphatic carbocycles. The molecule has 0 spiro atoms. The van der Waals surface area contributed by atoms with Crippen molar-refractivity contribution >= 4 is 10.9 Å². The molecule has 1 fully saturated rings. The smallest absolute Gasteiger partial charge is 0.186 e. The van der Waals surface area contributed by atoms with Gasteiger partial charge >= 0.3 is 0 Å². The Kier molecular flexibility index (Phi) is 4.30. The van der Waals surface area contributed by atoms with E-state index < -0.39 is 5.41 Å². The third kappa shape index (κ3) is 2.84. The van der Waals surface area contributed by atoms with Gasteiger partial charge in [0.2, 0.25) is 0 Å². The fraction of sp³-hybridized carbons (Fsp3) is 0.348. The molecule has 4 nitrogen and oxygen atoms in total. The summed E-state index contributed by atoms with van der Waals surface area (Å²) >= 11 is 0. The van der Waals surface area contributed by atoms with Gasteiger partial charge in [0.15, 0.2) is 6.29 Å². The number of rotatable bonds is 3. The van der Waals surface area contributed by atoms with Crippen LogP contribution in [0.15, 0.2) is 42.5 Å². The zero-order valence-corrected chi connectivity index (χ0v) is 16.2. The van der Waals surface area contributed by atoms with Crippen LogP contribution in [0.2, 0.25) is 0 Å². The van der Waals surface area contributed by atoms with Crippen LogP contribution in [-0.2, 0) is 14.9 Å². The molecule has 0 unspecified atom stereocenters. The number of aryl methyl sites for hydroxylation is 2. The van der Waals surface area contributed by atoms with Gasteiger partial charge in [-0.1, -0.05) is 30.3 Å². The predicted octanol–water partition coefficient (Wildman–Crippen LogP) is 5.09. The summed E-state index contributed by atoms with van der Waals surface area (Å²) in [4.78, 5) is 0. The van der Waals surface area contributed by atoms with Crippen molar-refractivity contribution in [1.82, 2.24) is 4.57 Å². The molecule has 0 saturated carbocycles. The van der Waals surface area contributed by atoms with Crippen molar-refractivity contribution in [3.8, 4) is 11.8 Å². The molecule has 2 heterocycles. The zero-order chi connectivity index (χ0) is 19.2. The summed E-state index contributed by atoms with van der Waals surface area (Å²) in [5.74, 6) is 0. The van der Waals surface area contributed by atoms with E-state index in [9.17, 15) is 5.26 Å². The topological polar surface area (TPSA) is 47.2 Å². The van der Waals surface area contributed by atoms with Gasteiger partial charge in [0.25, 0.3) is 0 Å². The van der Waals surface area contributed by atoms with E-state index in [1.165, 1.54) is 0 Å². The molecule has 0 radical (unpaired) electrons. The zero-order valence-electron chi connectivity index (χ0n) is 16.2. The highest BCUT2D eigenvalue weighted by Gasteiger charge is 2.27. The van der Waals surface area contributed by atoms with Crippen molar-refractivity contribution in [3.63, 3.8) is 0 Å². The van der Waals surface area contributed by atoms with Gasteiger partial charge in [-0.25, -0.2) is 0 Å². The van der Waals surface area contributed by atoms with Gasteiger partial charge in [-0.05, 0) is 51.0 Å². The first kappa shape index (κ1) is 17.8. The highest BCUT2D eigenvalue weighted by atomic mass is 16.7. The Bertz CT molecular complexity index is 1050. The van der Waals surface area contributed by atoms with E-state index in [1.807, 2.05) is 26.0 Å². The lowest BCUT2D eigenvalue weighted by Crippen LogP contribution is -2.14. The van der Waals surface area contributed by atoms with Gasteiger partial charge in [-0.3, -0.25) is 0 Å². The summed E-state index contributed by atoms with van der Waals surface area (Å²) in [5.41, 5.74) is 6.03. The summed E-state index contributed by atoms with van der Waals surface area (Å²) in [6.45, 7) is 9.38. The molecule has 4 heteroatoms. The summed E-state index contributed by atoms with van der Waals surface area (Å²) in [7, 11) is 0. The van der Waals surface area contributed by atoms with Crippen molar-refractivity contribution in [2.24, 2.45) is 0 Å².